The first kappa shape index (κ1) is 15.6. The van der Waals surface area contributed by atoms with Crippen LogP contribution in [-0.2, 0) is 11.3 Å². The maximum absolute atomic E-state index is 9.09. The quantitative estimate of drug-likeness (QED) is 0.780. The van der Waals surface area contributed by atoms with Crippen molar-refractivity contribution in [3.05, 3.63) is 41.7 Å². The summed E-state index contributed by atoms with van der Waals surface area (Å²) < 4.78 is 5.60. The van der Waals surface area contributed by atoms with Crippen LogP contribution in [0.5, 0.6) is 0 Å². The van der Waals surface area contributed by atoms with Crippen molar-refractivity contribution in [1.29, 1.82) is 0 Å². The van der Waals surface area contributed by atoms with Crippen LogP contribution >= 0.6 is 0 Å². The Balaban J connectivity index is 2.64. The SMILES string of the molecule is C=Cc1ccc(COCC(CC)CO)nc1/C=C\C. The molecule has 0 saturated carbocycles. The van der Waals surface area contributed by atoms with Crippen LogP contribution in [0.2, 0.25) is 0 Å². The molecular weight excluding hydrogens is 238 g/mol. The fraction of sp³-hybridized carbons (Fsp3) is 0.438. The zero-order chi connectivity index (χ0) is 14.1. The van der Waals surface area contributed by atoms with Gasteiger partial charge in [0.15, 0.2) is 0 Å². The lowest BCUT2D eigenvalue weighted by molar-refractivity contribution is 0.0599. The fourth-order valence-corrected chi connectivity index (χ4v) is 1.70. The van der Waals surface area contributed by atoms with Gasteiger partial charge in [-0.05, 0) is 31.1 Å². The van der Waals surface area contributed by atoms with Crippen LogP contribution in [-0.4, -0.2) is 23.3 Å². The van der Waals surface area contributed by atoms with E-state index in [9.17, 15) is 0 Å². The standard InChI is InChI=1S/C16H23NO2/c1-4-7-16-14(6-3)8-9-15(17-16)12-19-11-13(5-2)10-18/h4,6-9,13,18H,3,5,10-12H2,1-2H3/b7-4-. The fourth-order valence-electron chi connectivity index (χ4n) is 1.70. The summed E-state index contributed by atoms with van der Waals surface area (Å²) in [5.74, 6) is 0.211. The van der Waals surface area contributed by atoms with E-state index < -0.39 is 0 Å². The third-order valence-corrected chi connectivity index (χ3v) is 3.00. The minimum atomic E-state index is 0.170. The van der Waals surface area contributed by atoms with Crippen molar-refractivity contribution in [2.24, 2.45) is 5.92 Å². The molecule has 19 heavy (non-hydrogen) atoms. The van der Waals surface area contributed by atoms with E-state index in [0.717, 1.165) is 23.4 Å². The Labute approximate surface area is 115 Å². The Morgan fingerprint density at radius 3 is 2.84 bits per heavy atom. The van der Waals surface area contributed by atoms with Crippen molar-refractivity contribution in [1.82, 2.24) is 4.98 Å². The molecule has 1 aromatic rings. The van der Waals surface area contributed by atoms with Gasteiger partial charge in [-0.3, -0.25) is 4.98 Å². The lowest BCUT2D eigenvalue weighted by Crippen LogP contribution is -2.13. The number of aliphatic hydroxyl groups excluding tert-OH is 1. The molecule has 3 nitrogen and oxygen atoms in total. The van der Waals surface area contributed by atoms with Crippen LogP contribution in [0, 0.1) is 5.92 Å². The molecule has 0 spiro atoms. The zero-order valence-electron chi connectivity index (χ0n) is 11.8. The highest BCUT2D eigenvalue weighted by Crippen LogP contribution is 2.12. The number of hydrogen-bond acceptors (Lipinski definition) is 3. The zero-order valence-corrected chi connectivity index (χ0v) is 11.8. The van der Waals surface area contributed by atoms with Gasteiger partial charge in [0.05, 0.1) is 24.6 Å². The Bertz CT molecular complexity index is 423. The van der Waals surface area contributed by atoms with E-state index in [4.69, 9.17) is 9.84 Å². The van der Waals surface area contributed by atoms with E-state index in [2.05, 4.69) is 11.6 Å². The molecule has 1 unspecified atom stereocenters. The summed E-state index contributed by atoms with van der Waals surface area (Å²) in [5, 5.41) is 9.09. The van der Waals surface area contributed by atoms with Gasteiger partial charge < -0.3 is 9.84 Å². The highest BCUT2D eigenvalue weighted by molar-refractivity contribution is 5.61. The molecule has 1 aromatic heterocycles. The average molecular weight is 261 g/mol. The third kappa shape index (κ3) is 4.97. The largest absolute Gasteiger partial charge is 0.396 e. The minimum absolute atomic E-state index is 0.170. The van der Waals surface area contributed by atoms with Crippen molar-refractivity contribution < 1.29 is 9.84 Å². The number of rotatable bonds is 8. The monoisotopic (exact) mass is 261 g/mol. The van der Waals surface area contributed by atoms with E-state index in [-0.39, 0.29) is 12.5 Å². The van der Waals surface area contributed by atoms with Gasteiger partial charge in [0, 0.05) is 12.5 Å². The number of ether oxygens (including phenoxy) is 1. The van der Waals surface area contributed by atoms with E-state index >= 15 is 0 Å². The van der Waals surface area contributed by atoms with Crippen LogP contribution in [0.3, 0.4) is 0 Å². The average Bonchev–Trinajstić information content (AvgIpc) is 2.44. The van der Waals surface area contributed by atoms with Gasteiger partial charge in [-0.1, -0.05) is 31.7 Å². The predicted molar refractivity (Wildman–Crippen MR) is 79.6 cm³/mol. The van der Waals surface area contributed by atoms with Gasteiger partial charge in [-0.25, -0.2) is 0 Å². The van der Waals surface area contributed by atoms with Crippen LogP contribution in [0.4, 0.5) is 0 Å². The van der Waals surface area contributed by atoms with Crippen LogP contribution in [0.25, 0.3) is 12.2 Å². The van der Waals surface area contributed by atoms with Gasteiger partial charge in [-0.15, -0.1) is 0 Å². The second kappa shape index (κ2) is 8.62. The van der Waals surface area contributed by atoms with E-state index in [0.29, 0.717) is 13.2 Å². The molecule has 0 radical (unpaired) electrons. The normalized spacial score (nSPS) is 12.8. The van der Waals surface area contributed by atoms with Crippen LogP contribution in [0.15, 0.2) is 24.8 Å². The van der Waals surface area contributed by atoms with Gasteiger partial charge >= 0.3 is 0 Å². The van der Waals surface area contributed by atoms with Crippen molar-refractivity contribution in [2.75, 3.05) is 13.2 Å². The van der Waals surface area contributed by atoms with Crippen molar-refractivity contribution in [2.45, 2.75) is 26.9 Å². The highest BCUT2D eigenvalue weighted by atomic mass is 16.5. The maximum Gasteiger partial charge on any atom is 0.0888 e. The van der Waals surface area contributed by atoms with Gasteiger partial charge in [0.25, 0.3) is 0 Å². The Kier molecular flexibility index (Phi) is 7.08. The van der Waals surface area contributed by atoms with Crippen LogP contribution < -0.4 is 0 Å². The number of allylic oxidation sites excluding steroid dienone is 1. The summed E-state index contributed by atoms with van der Waals surface area (Å²) >= 11 is 0. The molecule has 0 amide bonds. The Morgan fingerprint density at radius 1 is 1.47 bits per heavy atom. The van der Waals surface area contributed by atoms with E-state index in [1.54, 1.807) is 6.08 Å². The molecule has 1 N–H and O–H groups in total. The molecule has 3 heteroatoms. The molecule has 0 aliphatic carbocycles. The summed E-state index contributed by atoms with van der Waals surface area (Å²) in [5.41, 5.74) is 2.82. The van der Waals surface area contributed by atoms with Gasteiger partial charge in [-0.2, -0.15) is 0 Å². The molecular formula is C16H23NO2. The summed E-state index contributed by atoms with van der Waals surface area (Å²) in [6.07, 6.45) is 6.64. The molecule has 1 atom stereocenters. The topological polar surface area (TPSA) is 42.4 Å². The molecule has 0 aromatic carbocycles. The van der Waals surface area contributed by atoms with Crippen molar-refractivity contribution >= 4 is 12.2 Å². The Hall–Kier alpha value is -1.45. The number of aliphatic hydroxyl groups is 1. The molecule has 0 saturated heterocycles. The first-order chi connectivity index (χ1) is 9.24. The highest BCUT2D eigenvalue weighted by Gasteiger charge is 2.06. The van der Waals surface area contributed by atoms with E-state index in [1.165, 1.54) is 0 Å². The number of nitrogens with zero attached hydrogens (tertiary/aromatic N) is 1. The molecule has 0 aliphatic rings. The molecule has 104 valence electrons. The molecule has 1 heterocycles. The maximum atomic E-state index is 9.09. The lowest BCUT2D eigenvalue weighted by Gasteiger charge is -2.12. The smallest absolute Gasteiger partial charge is 0.0888 e. The lowest BCUT2D eigenvalue weighted by atomic mass is 10.1. The first-order valence-corrected chi connectivity index (χ1v) is 6.68. The summed E-state index contributed by atoms with van der Waals surface area (Å²) in [4.78, 5) is 4.54. The van der Waals surface area contributed by atoms with Crippen LogP contribution in [0.1, 0.15) is 37.2 Å². The number of pyridine rings is 1. The van der Waals surface area contributed by atoms with Crippen molar-refractivity contribution in [3.63, 3.8) is 0 Å². The molecule has 0 bridgehead atoms. The Morgan fingerprint density at radius 2 is 2.26 bits per heavy atom. The second-order valence-electron chi connectivity index (χ2n) is 4.45. The summed E-state index contributed by atoms with van der Waals surface area (Å²) in [6.45, 7) is 9.00. The predicted octanol–water partition coefficient (Wildman–Crippen LogP) is 3.29. The number of hydrogen-bond donors (Lipinski definition) is 1. The summed E-state index contributed by atoms with van der Waals surface area (Å²) in [7, 11) is 0. The van der Waals surface area contributed by atoms with Gasteiger partial charge in [0.2, 0.25) is 0 Å². The second-order valence-corrected chi connectivity index (χ2v) is 4.45. The van der Waals surface area contributed by atoms with E-state index in [1.807, 2.05) is 38.1 Å². The van der Waals surface area contributed by atoms with Gasteiger partial charge in [0.1, 0.15) is 0 Å². The summed E-state index contributed by atoms with van der Waals surface area (Å²) in [6, 6.07) is 3.95. The minimum Gasteiger partial charge on any atom is -0.396 e. The number of aromatic nitrogens is 1. The van der Waals surface area contributed by atoms with Crippen molar-refractivity contribution in [3.8, 4) is 0 Å². The third-order valence-electron chi connectivity index (χ3n) is 3.00. The molecule has 1 rings (SSSR count). The first-order valence-electron chi connectivity index (χ1n) is 6.68. The molecule has 0 fully saturated rings. The molecule has 0 aliphatic heterocycles.